The van der Waals surface area contributed by atoms with Gasteiger partial charge in [-0.3, -0.25) is 0 Å². The van der Waals surface area contributed by atoms with Gasteiger partial charge in [0, 0.05) is 47.4 Å². The predicted octanol–water partition coefficient (Wildman–Crippen LogP) is 2.99. The number of aromatic nitrogens is 2. The van der Waals surface area contributed by atoms with E-state index in [1.54, 1.807) is 12.3 Å². The molecule has 2 unspecified atom stereocenters. The van der Waals surface area contributed by atoms with Crippen molar-refractivity contribution >= 4 is 28.2 Å². The summed E-state index contributed by atoms with van der Waals surface area (Å²) in [5.74, 6) is 0.867. The second kappa shape index (κ2) is 8.68. The summed E-state index contributed by atoms with van der Waals surface area (Å²) < 4.78 is 16.4. The number of amides is 1. The molecular formula is C24H24N6O4. The van der Waals surface area contributed by atoms with Gasteiger partial charge in [-0.1, -0.05) is 6.92 Å². The molecule has 3 aromatic rings. The minimum Gasteiger partial charge on any atom is -0.474 e. The Morgan fingerprint density at radius 1 is 1.29 bits per heavy atom. The van der Waals surface area contributed by atoms with Gasteiger partial charge in [0.05, 0.1) is 30.5 Å². The molecule has 174 valence electrons. The standard InChI is InChI=1S/C24H24N6O4/c1-12-10-32-11-19(12)30-24(31)34-20-6-14-5-15(16(7-25)21(26)18(14)9-28-20)17-8-29-23-22(13(17)2)27-3-4-33-23/h5-6,8-9,12,19,27H,3-4,10-11,26H2,1-2H3,(H,30,31). The molecule has 1 aromatic carbocycles. The van der Waals surface area contributed by atoms with Crippen LogP contribution < -0.4 is 25.8 Å². The molecule has 34 heavy (non-hydrogen) atoms. The highest BCUT2D eigenvalue weighted by atomic mass is 16.6. The number of pyridine rings is 2. The summed E-state index contributed by atoms with van der Waals surface area (Å²) in [5, 5.41) is 17.3. The van der Waals surface area contributed by atoms with Gasteiger partial charge in [-0.15, -0.1) is 0 Å². The van der Waals surface area contributed by atoms with E-state index in [2.05, 4.69) is 26.7 Å². The van der Waals surface area contributed by atoms with Crippen molar-refractivity contribution < 1.29 is 19.0 Å². The van der Waals surface area contributed by atoms with Gasteiger partial charge in [0.15, 0.2) is 0 Å². The van der Waals surface area contributed by atoms with Crippen LogP contribution in [-0.2, 0) is 4.74 Å². The van der Waals surface area contributed by atoms with Crippen LogP contribution in [0.4, 0.5) is 16.2 Å². The highest BCUT2D eigenvalue weighted by molar-refractivity contribution is 6.01. The number of benzene rings is 1. The summed E-state index contributed by atoms with van der Waals surface area (Å²) in [6.45, 7) is 6.21. The van der Waals surface area contributed by atoms with Crippen LogP contribution in [0.1, 0.15) is 18.1 Å². The van der Waals surface area contributed by atoms with Crippen LogP contribution in [0, 0.1) is 24.2 Å². The number of nitrogens with zero attached hydrogens (tertiary/aromatic N) is 3. The summed E-state index contributed by atoms with van der Waals surface area (Å²) in [6.07, 6.45) is 2.59. The zero-order valence-electron chi connectivity index (χ0n) is 18.8. The smallest absolute Gasteiger partial charge is 0.414 e. The Balaban J connectivity index is 1.52. The topological polar surface area (TPSA) is 144 Å². The van der Waals surface area contributed by atoms with Gasteiger partial charge in [0.1, 0.15) is 18.4 Å². The highest BCUT2D eigenvalue weighted by Gasteiger charge is 2.27. The molecule has 10 heteroatoms. The van der Waals surface area contributed by atoms with Gasteiger partial charge in [-0.05, 0) is 23.9 Å². The maximum atomic E-state index is 12.4. The van der Waals surface area contributed by atoms with Crippen molar-refractivity contribution in [3.8, 4) is 29.0 Å². The van der Waals surface area contributed by atoms with Crippen molar-refractivity contribution in [3.63, 3.8) is 0 Å². The molecule has 0 bridgehead atoms. The van der Waals surface area contributed by atoms with E-state index in [0.717, 1.165) is 16.8 Å². The maximum Gasteiger partial charge on any atom is 0.414 e. The molecule has 1 fully saturated rings. The van der Waals surface area contributed by atoms with Crippen LogP contribution in [-0.4, -0.2) is 48.5 Å². The van der Waals surface area contributed by atoms with Crippen molar-refractivity contribution in [2.75, 3.05) is 37.4 Å². The summed E-state index contributed by atoms with van der Waals surface area (Å²) in [7, 11) is 0. The van der Waals surface area contributed by atoms with E-state index in [9.17, 15) is 10.1 Å². The zero-order chi connectivity index (χ0) is 23.8. The van der Waals surface area contributed by atoms with E-state index in [0.29, 0.717) is 59.8 Å². The number of carbonyl (C=O) groups is 1. The van der Waals surface area contributed by atoms with Gasteiger partial charge in [-0.2, -0.15) is 5.26 Å². The molecule has 5 rings (SSSR count). The minimum atomic E-state index is -0.600. The molecule has 0 saturated carbocycles. The van der Waals surface area contributed by atoms with E-state index in [1.807, 2.05) is 19.9 Å². The molecule has 2 aliphatic rings. The quantitative estimate of drug-likeness (QED) is 0.502. The van der Waals surface area contributed by atoms with E-state index in [-0.39, 0.29) is 17.8 Å². The van der Waals surface area contributed by atoms with Crippen LogP contribution >= 0.6 is 0 Å². The van der Waals surface area contributed by atoms with Crippen molar-refractivity contribution in [1.82, 2.24) is 15.3 Å². The maximum absolute atomic E-state index is 12.4. The first kappa shape index (κ1) is 21.7. The number of carbonyl (C=O) groups excluding carboxylic acids is 1. The van der Waals surface area contributed by atoms with E-state index >= 15 is 0 Å². The Morgan fingerprint density at radius 2 is 2.15 bits per heavy atom. The number of fused-ring (bicyclic) bond motifs is 2. The molecule has 4 heterocycles. The lowest BCUT2D eigenvalue weighted by molar-refractivity contribution is 0.176. The first-order valence-electron chi connectivity index (χ1n) is 11.0. The van der Waals surface area contributed by atoms with Crippen molar-refractivity contribution in [2.24, 2.45) is 5.92 Å². The normalized spacial score (nSPS) is 19.0. The molecular weight excluding hydrogens is 436 g/mol. The third kappa shape index (κ3) is 3.80. The molecule has 1 amide bonds. The number of nitrogen functional groups attached to an aromatic ring is 1. The predicted molar refractivity (Wildman–Crippen MR) is 126 cm³/mol. The first-order chi connectivity index (χ1) is 16.5. The molecule has 0 spiro atoms. The number of nitriles is 1. The molecule has 2 aromatic heterocycles. The lowest BCUT2D eigenvalue weighted by Gasteiger charge is -2.22. The van der Waals surface area contributed by atoms with Gasteiger partial charge in [0.25, 0.3) is 0 Å². The average Bonchev–Trinajstić information content (AvgIpc) is 3.23. The second-order valence-electron chi connectivity index (χ2n) is 8.48. The lowest BCUT2D eigenvalue weighted by atomic mass is 9.93. The van der Waals surface area contributed by atoms with E-state index < -0.39 is 6.09 Å². The minimum absolute atomic E-state index is 0.106. The Hall–Kier alpha value is -4.10. The number of hydrogen-bond donors (Lipinski definition) is 3. The fraction of sp³-hybridized carbons (Fsp3) is 0.333. The molecule has 0 radical (unpaired) electrons. The number of nitrogens with two attached hydrogens (primary N) is 1. The molecule has 4 N–H and O–H groups in total. The summed E-state index contributed by atoms with van der Waals surface area (Å²) in [6, 6.07) is 5.58. The number of anilines is 2. The zero-order valence-corrected chi connectivity index (χ0v) is 18.8. The van der Waals surface area contributed by atoms with E-state index in [1.165, 1.54) is 6.20 Å². The Morgan fingerprint density at radius 3 is 2.91 bits per heavy atom. The van der Waals surface area contributed by atoms with Crippen molar-refractivity contribution in [3.05, 3.63) is 35.7 Å². The summed E-state index contributed by atoms with van der Waals surface area (Å²) >= 11 is 0. The number of ether oxygens (including phenoxy) is 3. The first-order valence-corrected chi connectivity index (χ1v) is 11.0. The Bertz CT molecular complexity index is 1340. The molecule has 10 nitrogen and oxygen atoms in total. The number of nitrogens with one attached hydrogen (secondary N) is 2. The lowest BCUT2D eigenvalue weighted by Crippen LogP contribution is -2.40. The highest BCUT2D eigenvalue weighted by Crippen LogP contribution is 2.40. The third-order valence-electron chi connectivity index (χ3n) is 6.25. The van der Waals surface area contributed by atoms with Crippen LogP contribution in [0.2, 0.25) is 0 Å². The SMILES string of the molecule is Cc1c(-c2cc3cc(OC(=O)NC4COCC4C)ncc3c(N)c2C#N)cnc2c1NCCO2. The second-order valence-corrected chi connectivity index (χ2v) is 8.48. The number of rotatable bonds is 3. The van der Waals surface area contributed by atoms with Gasteiger partial charge < -0.3 is 30.6 Å². The number of hydrogen-bond acceptors (Lipinski definition) is 9. The van der Waals surface area contributed by atoms with Crippen molar-refractivity contribution in [2.45, 2.75) is 19.9 Å². The monoisotopic (exact) mass is 460 g/mol. The molecule has 2 atom stereocenters. The van der Waals surface area contributed by atoms with Crippen molar-refractivity contribution in [1.29, 1.82) is 5.26 Å². The van der Waals surface area contributed by atoms with Gasteiger partial charge in [0.2, 0.25) is 11.8 Å². The van der Waals surface area contributed by atoms with E-state index in [4.69, 9.17) is 19.9 Å². The van der Waals surface area contributed by atoms with Gasteiger partial charge >= 0.3 is 6.09 Å². The van der Waals surface area contributed by atoms with Crippen LogP contribution in [0.25, 0.3) is 21.9 Å². The molecule has 0 aliphatic carbocycles. The molecule has 1 saturated heterocycles. The largest absolute Gasteiger partial charge is 0.474 e. The average molecular weight is 460 g/mol. The van der Waals surface area contributed by atoms with Gasteiger partial charge in [-0.25, -0.2) is 14.8 Å². The fourth-order valence-corrected chi connectivity index (χ4v) is 4.30. The third-order valence-corrected chi connectivity index (χ3v) is 6.25. The van der Waals surface area contributed by atoms with Crippen LogP contribution in [0.3, 0.4) is 0 Å². The van der Waals surface area contributed by atoms with Crippen LogP contribution in [0.15, 0.2) is 24.5 Å². The van der Waals surface area contributed by atoms with Crippen LogP contribution in [0.5, 0.6) is 11.8 Å². The summed E-state index contributed by atoms with van der Waals surface area (Å²) in [5.41, 5.74) is 10.1. The fourth-order valence-electron chi connectivity index (χ4n) is 4.30. The Labute approximate surface area is 196 Å². The molecule has 2 aliphatic heterocycles. The Kier molecular flexibility index (Phi) is 5.55. The summed E-state index contributed by atoms with van der Waals surface area (Å²) in [4.78, 5) is 21.0.